The van der Waals surface area contributed by atoms with E-state index in [2.05, 4.69) is 23.0 Å². The van der Waals surface area contributed by atoms with Gasteiger partial charge in [0.05, 0.1) is 12.8 Å². The summed E-state index contributed by atoms with van der Waals surface area (Å²) in [5.74, 6) is 1.44. The average Bonchev–Trinajstić information content (AvgIpc) is 2.37. The van der Waals surface area contributed by atoms with Gasteiger partial charge in [0.25, 0.3) is 0 Å². The highest BCUT2D eigenvalue weighted by atomic mass is 16.5. The molecule has 0 radical (unpaired) electrons. The molecule has 1 aromatic heterocycles. The largest absolute Gasteiger partial charge is 0.492 e. The number of aromatic nitrogens is 1. The van der Waals surface area contributed by atoms with Gasteiger partial charge in [0.2, 0.25) is 0 Å². The maximum atomic E-state index is 8.97. The monoisotopic (exact) mass is 246 g/mol. The third-order valence-corrected chi connectivity index (χ3v) is 3.20. The van der Waals surface area contributed by atoms with Gasteiger partial charge in [0, 0.05) is 18.5 Å². The summed E-state index contributed by atoms with van der Waals surface area (Å²) in [6.07, 6.45) is 3.83. The van der Waals surface area contributed by atoms with Crippen LogP contribution < -0.4 is 10.5 Å². The van der Waals surface area contributed by atoms with E-state index in [4.69, 9.17) is 15.7 Å². The van der Waals surface area contributed by atoms with Crippen LogP contribution in [0.4, 0.5) is 5.82 Å². The Morgan fingerprint density at radius 1 is 1.67 bits per heavy atom. The van der Waals surface area contributed by atoms with Crippen LogP contribution in [0.2, 0.25) is 0 Å². The lowest BCUT2D eigenvalue weighted by atomic mass is 9.99. The molecule has 0 aliphatic carbocycles. The predicted octanol–water partition coefficient (Wildman–Crippen LogP) is 1.26. The van der Waals surface area contributed by atoms with Gasteiger partial charge in [0.1, 0.15) is 23.2 Å². The molecular formula is C13H18N4O. The molecule has 2 heterocycles. The Morgan fingerprint density at radius 3 is 3.22 bits per heavy atom. The molecule has 5 heteroatoms. The summed E-state index contributed by atoms with van der Waals surface area (Å²) in [5, 5.41) is 8.97. The van der Waals surface area contributed by atoms with Crippen molar-refractivity contribution in [3.63, 3.8) is 0 Å². The Bertz CT molecular complexity index is 455. The lowest BCUT2D eigenvalue weighted by Crippen LogP contribution is -2.34. The molecule has 5 nitrogen and oxygen atoms in total. The number of nitriles is 1. The molecule has 1 saturated heterocycles. The zero-order valence-electron chi connectivity index (χ0n) is 10.6. The van der Waals surface area contributed by atoms with Crippen molar-refractivity contribution in [3.8, 4) is 11.8 Å². The normalized spacial score (nSPS) is 20.3. The molecule has 1 aliphatic heterocycles. The Balaban J connectivity index is 1.97. The second-order valence-corrected chi connectivity index (χ2v) is 4.80. The Labute approximate surface area is 107 Å². The number of pyridine rings is 1. The zero-order chi connectivity index (χ0) is 13.0. The smallest absolute Gasteiger partial charge is 0.142 e. The molecule has 18 heavy (non-hydrogen) atoms. The minimum atomic E-state index is 0.379. The van der Waals surface area contributed by atoms with Crippen molar-refractivity contribution in [1.82, 2.24) is 9.88 Å². The van der Waals surface area contributed by atoms with E-state index >= 15 is 0 Å². The first-order chi connectivity index (χ1) is 8.69. The SMILES string of the molecule is CN1CCCC(COc2cc(N)ncc2C#N)C1. The summed E-state index contributed by atoms with van der Waals surface area (Å²) < 4.78 is 5.73. The highest BCUT2D eigenvalue weighted by Crippen LogP contribution is 2.22. The van der Waals surface area contributed by atoms with Crippen molar-refractivity contribution >= 4 is 5.82 Å². The summed E-state index contributed by atoms with van der Waals surface area (Å²) in [7, 11) is 2.12. The van der Waals surface area contributed by atoms with E-state index in [0.29, 0.717) is 29.7 Å². The third-order valence-electron chi connectivity index (χ3n) is 3.20. The highest BCUT2D eigenvalue weighted by Gasteiger charge is 2.18. The molecule has 1 aliphatic rings. The molecule has 2 rings (SSSR count). The minimum Gasteiger partial charge on any atom is -0.492 e. The third kappa shape index (κ3) is 3.11. The first-order valence-corrected chi connectivity index (χ1v) is 6.16. The molecular weight excluding hydrogens is 228 g/mol. The van der Waals surface area contributed by atoms with Gasteiger partial charge in [-0.2, -0.15) is 5.26 Å². The number of hydrogen-bond acceptors (Lipinski definition) is 5. The van der Waals surface area contributed by atoms with Crippen LogP contribution in [0.3, 0.4) is 0 Å². The summed E-state index contributed by atoms with van der Waals surface area (Å²) in [6.45, 7) is 2.83. The lowest BCUT2D eigenvalue weighted by molar-refractivity contribution is 0.150. The van der Waals surface area contributed by atoms with Crippen LogP contribution >= 0.6 is 0 Å². The van der Waals surface area contributed by atoms with Crippen molar-refractivity contribution < 1.29 is 4.74 Å². The van der Waals surface area contributed by atoms with Gasteiger partial charge < -0.3 is 15.4 Å². The van der Waals surface area contributed by atoms with Crippen LogP contribution in [0.5, 0.6) is 5.75 Å². The van der Waals surface area contributed by atoms with E-state index in [1.165, 1.54) is 19.0 Å². The van der Waals surface area contributed by atoms with E-state index in [-0.39, 0.29) is 0 Å². The molecule has 0 amide bonds. The number of nitrogens with two attached hydrogens (primary N) is 1. The van der Waals surface area contributed by atoms with E-state index in [0.717, 1.165) is 13.1 Å². The molecule has 0 spiro atoms. The zero-order valence-corrected chi connectivity index (χ0v) is 10.6. The van der Waals surface area contributed by atoms with E-state index in [9.17, 15) is 0 Å². The molecule has 0 saturated carbocycles. The van der Waals surface area contributed by atoms with Crippen LogP contribution in [0.1, 0.15) is 18.4 Å². The molecule has 0 bridgehead atoms. The van der Waals surface area contributed by atoms with Crippen molar-refractivity contribution in [2.45, 2.75) is 12.8 Å². The Morgan fingerprint density at radius 2 is 2.50 bits per heavy atom. The number of nitrogen functional groups attached to an aromatic ring is 1. The molecule has 2 N–H and O–H groups in total. The number of rotatable bonds is 3. The van der Waals surface area contributed by atoms with E-state index in [1.807, 2.05) is 0 Å². The maximum absolute atomic E-state index is 8.97. The fraction of sp³-hybridized carbons (Fsp3) is 0.538. The molecule has 96 valence electrons. The van der Waals surface area contributed by atoms with Gasteiger partial charge in [-0.15, -0.1) is 0 Å². The fourth-order valence-corrected chi connectivity index (χ4v) is 2.27. The molecule has 1 aromatic rings. The van der Waals surface area contributed by atoms with Crippen LogP contribution in [-0.2, 0) is 0 Å². The van der Waals surface area contributed by atoms with Gasteiger partial charge in [-0.3, -0.25) is 0 Å². The number of piperidine rings is 1. The van der Waals surface area contributed by atoms with Crippen LogP contribution in [0, 0.1) is 17.2 Å². The number of nitrogens with zero attached hydrogens (tertiary/aromatic N) is 3. The quantitative estimate of drug-likeness (QED) is 0.868. The molecule has 1 fully saturated rings. The van der Waals surface area contributed by atoms with Gasteiger partial charge in [-0.05, 0) is 26.4 Å². The molecule has 1 unspecified atom stereocenters. The van der Waals surface area contributed by atoms with Gasteiger partial charge >= 0.3 is 0 Å². The Hall–Kier alpha value is -1.80. The van der Waals surface area contributed by atoms with Crippen molar-refractivity contribution in [1.29, 1.82) is 5.26 Å². The first-order valence-electron chi connectivity index (χ1n) is 6.16. The van der Waals surface area contributed by atoms with Crippen molar-refractivity contribution in [2.75, 3.05) is 32.5 Å². The minimum absolute atomic E-state index is 0.379. The average molecular weight is 246 g/mol. The van der Waals surface area contributed by atoms with Gasteiger partial charge in [-0.25, -0.2) is 4.98 Å². The number of likely N-dealkylation sites (tertiary alicyclic amines) is 1. The summed E-state index contributed by atoms with van der Waals surface area (Å²) in [5.41, 5.74) is 6.04. The summed E-state index contributed by atoms with van der Waals surface area (Å²) in [6, 6.07) is 3.68. The second-order valence-electron chi connectivity index (χ2n) is 4.80. The number of hydrogen-bond donors (Lipinski definition) is 1. The topological polar surface area (TPSA) is 75.2 Å². The number of ether oxygens (including phenoxy) is 1. The highest BCUT2D eigenvalue weighted by molar-refractivity contribution is 5.47. The van der Waals surface area contributed by atoms with E-state index < -0.39 is 0 Å². The maximum Gasteiger partial charge on any atom is 0.142 e. The van der Waals surface area contributed by atoms with Crippen LogP contribution in [-0.4, -0.2) is 36.6 Å². The standard InChI is InChI=1S/C13H18N4O/c1-17-4-2-3-10(8-17)9-18-12-5-13(15)16-7-11(12)6-14/h5,7,10H,2-4,8-9H2,1H3,(H2,15,16). The molecule has 0 aromatic carbocycles. The summed E-state index contributed by atoms with van der Waals surface area (Å²) in [4.78, 5) is 6.19. The predicted molar refractivity (Wildman–Crippen MR) is 69.1 cm³/mol. The van der Waals surface area contributed by atoms with Crippen LogP contribution in [0.25, 0.3) is 0 Å². The molecule has 1 atom stereocenters. The van der Waals surface area contributed by atoms with Gasteiger partial charge in [-0.1, -0.05) is 0 Å². The number of anilines is 1. The van der Waals surface area contributed by atoms with E-state index in [1.54, 1.807) is 6.07 Å². The fourth-order valence-electron chi connectivity index (χ4n) is 2.27. The van der Waals surface area contributed by atoms with Crippen LogP contribution in [0.15, 0.2) is 12.3 Å². The lowest BCUT2D eigenvalue weighted by Gasteiger charge is -2.29. The summed E-state index contributed by atoms with van der Waals surface area (Å²) >= 11 is 0. The van der Waals surface area contributed by atoms with Crippen molar-refractivity contribution in [2.24, 2.45) is 5.92 Å². The van der Waals surface area contributed by atoms with Gasteiger partial charge in [0.15, 0.2) is 0 Å². The Kier molecular flexibility index (Phi) is 4.00. The van der Waals surface area contributed by atoms with Crippen molar-refractivity contribution in [3.05, 3.63) is 17.8 Å². The second kappa shape index (κ2) is 5.69. The first kappa shape index (κ1) is 12.7.